The Morgan fingerprint density at radius 2 is 2.00 bits per heavy atom. The van der Waals surface area contributed by atoms with Gasteiger partial charge in [-0.25, -0.2) is 8.42 Å². The van der Waals surface area contributed by atoms with E-state index in [4.69, 9.17) is 0 Å². The largest absolute Gasteiger partial charge is 0.480 e. The quantitative estimate of drug-likeness (QED) is 0.881. The Hall–Kier alpha value is -1.93. The van der Waals surface area contributed by atoms with E-state index in [9.17, 15) is 23.1 Å². The van der Waals surface area contributed by atoms with Gasteiger partial charge in [0, 0.05) is 25.7 Å². The van der Waals surface area contributed by atoms with Crippen LogP contribution in [0.2, 0.25) is 0 Å². The Balaban J connectivity index is 2.00. The zero-order chi connectivity index (χ0) is 16.8. The zero-order valence-corrected chi connectivity index (χ0v) is 13.5. The highest BCUT2D eigenvalue weighted by molar-refractivity contribution is 7.89. The van der Waals surface area contributed by atoms with Gasteiger partial charge >= 0.3 is 5.97 Å². The van der Waals surface area contributed by atoms with Gasteiger partial charge in [0.1, 0.15) is 6.04 Å². The maximum atomic E-state index is 12.8. The molecule has 1 amide bonds. The molecule has 1 atom stereocenters. The van der Waals surface area contributed by atoms with Gasteiger partial charge in [0.2, 0.25) is 15.9 Å². The van der Waals surface area contributed by atoms with Crippen molar-refractivity contribution < 1.29 is 23.1 Å². The van der Waals surface area contributed by atoms with E-state index in [1.807, 2.05) is 0 Å². The predicted octanol–water partition coefficient (Wildman–Crippen LogP) is 0.833. The molecule has 0 aliphatic carbocycles. The van der Waals surface area contributed by atoms with E-state index < -0.39 is 22.0 Å². The fourth-order valence-electron chi connectivity index (χ4n) is 3.26. The van der Waals surface area contributed by atoms with Crippen molar-refractivity contribution in [2.45, 2.75) is 37.1 Å². The fraction of sp³-hybridized carbons (Fsp3) is 0.467. The summed E-state index contributed by atoms with van der Waals surface area (Å²) in [7, 11) is -3.89. The Kier molecular flexibility index (Phi) is 3.89. The highest BCUT2D eigenvalue weighted by atomic mass is 32.2. The molecule has 1 saturated heterocycles. The molecule has 7 nitrogen and oxygen atoms in total. The average molecular weight is 338 g/mol. The molecule has 1 N–H and O–H groups in total. The minimum Gasteiger partial charge on any atom is -0.480 e. The van der Waals surface area contributed by atoms with Gasteiger partial charge in [-0.2, -0.15) is 4.31 Å². The third-order valence-electron chi connectivity index (χ3n) is 4.43. The molecule has 8 heteroatoms. The Morgan fingerprint density at radius 3 is 2.65 bits per heavy atom. The molecule has 0 unspecified atom stereocenters. The first kappa shape index (κ1) is 15.9. The Morgan fingerprint density at radius 1 is 1.26 bits per heavy atom. The molecule has 124 valence electrons. The normalized spacial score (nSPS) is 21.4. The molecule has 2 heterocycles. The first-order chi connectivity index (χ1) is 10.8. The van der Waals surface area contributed by atoms with Crippen LogP contribution in [0.1, 0.15) is 25.3 Å². The number of hydrogen-bond donors (Lipinski definition) is 1. The number of carboxylic acids is 1. The molecule has 1 aromatic carbocycles. The minimum absolute atomic E-state index is 0.0394. The summed E-state index contributed by atoms with van der Waals surface area (Å²) in [5.41, 5.74) is 1.53. The lowest BCUT2D eigenvalue weighted by Gasteiger charge is -2.22. The third kappa shape index (κ3) is 2.61. The number of nitrogens with zero attached hydrogens (tertiary/aromatic N) is 2. The molecule has 0 spiro atoms. The summed E-state index contributed by atoms with van der Waals surface area (Å²) in [6.07, 6.45) is 1.54. The molecule has 0 bridgehead atoms. The molecule has 23 heavy (non-hydrogen) atoms. The van der Waals surface area contributed by atoms with Crippen molar-refractivity contribution in [3.8, 4) is 0 Å². The van der Waals surface area contributed by atoms with Crippen molar-refractivity contribution in [2.75, 3.05) is 18.0 Å². The SMILES string of the molecule is CC(=O)N1CCc2ccc(S(=O)(=O)N3CCC[C@H]3C(=O)O)cc21. The van der Waals surface area contributed by atoms with Crippen molar-refractivity contribution >= 4 is 27.6 Å². The van der Waals surface area contributed by atoms with Crippen molar-refractivity contribution in [2.24, 2.45) is 0 Å². The van der Waals surface area contributed by atoms with Gasteiger partial charge < -0.3 is 10.0 Å². The second-order valence-corrected chi connectivity index (χ2v) is 7.71. The molecule has 0 radical (unpaired) electrons. The number of aliphatic carboxylic acids is 1. The molecule has 0 aromatic heterocycles. The maximum absolute atomic E-state index is 12.8. The molecule has 1 aromatic rings. The number of anilines is 1. The number of sulfonamides is 1. The second kappa shape index (κ2) is 5.61. The number of carbonyl (C=O) groups is 2. The molecule has 3 rings (SSSR count). The standard InChI is InChI=1S/C15H18N2O5S/c1-10(18)16-8-6-11-4-5-12(9-14(11)16)23(21,22)17-7-2-3-13(17)15(19)20/h4-5,9,13H,2-3,6-8H2,1H3,(H,19,20)/t13-/m0/s1. The third-order valence-corrected chi connectivity index (χ3v) is 6.33. The number of benzene rings is 1. The fourth-order valence-corrected chi connectivity index (χ4v) is 4.93. The van der Waals surface area contributed by atoms with Crippen LogP contribution in [0.3, 0.4) is 0 Å². The summed E-state index contributed by atoms with van der Waals surface area (Å²) in [5.74, 6) is -1.26. The van der Waals surface area contributed by atoms with Crippen LogP contribution in [-0.4, -0.2) is 48.8 Å². The van der Waals surface area contributed by atoms with Crippen LogP contribution in [0.25, 0.3) is 0 Å². The van der Waals surface area contributed by atoms with Crippen molar-refractivity contribution in [3.05, 3.63) is 23.8 Å². The lowest BCUT2D eigenvalue weighted by Crippen LogP contribution is -2.40. The summed E-state index contributed by atoms with van der Waals surface area (Å²) in [5, 5.41) is 9.20. The van der Waals surface area contributed by atoms with Gasteiger partial charge in [-0.1, -0.05) is 6.07 Å². The van der Waals surface area contributed by atoms with Gasteiger partial charge in [-0.15, -0.1) is 0 Å². The van der Waals surface area contributed by atoms with Crippen molar-refractivity contribution in [1.82, 2.24) is 4.31 Å². The predicted molar refractivity (Wildman–Crippen MR) is 82.7 cm³/mol. The van der Waals surface area contributed by atoms with Crippen molar-refractivity contribution in [1.29, 1.82) is 0 Å². The van der Waals surface area contributed by atoms with E-state index in [2.05, 4.69) is 0 Å². The molecule has 0 saturated carbocycles. The number of rotatable bonds is 3. The summed E-state index contributed by atoms with van der Waals surface area (Å²) in [6.45, 7) is 2.18. The number of fused-ring (bicyclic) bond motifs is 1. The summed E-state index contributed by atoms with van der Waals surface area (Å²) in [4.78, 5) is 24.5. The van der Waals surface area contributed by atoms with Gasteiger partial charge in [-0.05, 0) is 37.0 Å². The van der Waals surface area contributed by atoms with Crippen LogP contribution in [-0.2, 0) is 26.0 Å². The summed E-state index contributed by atoms with van der Waals surface area (Å²) in [6, 6.07) is 3.67. The number of amides is 1. The average Bonchev–Trinajstić information content (AvgIpc) is 3.13. The Labute approximate surface area is 134 Å². The topological polar surface area (TPSA) is 95.0 Å². The van der Waals surface area contributed by atoms with Gasteiger partial charge in [0.15, 0.2) is 0 Å². The van der Waals surface area contributed by atoms with Crippen LogP contribution in [0.5, 0.6) is 0 Å². The van der Waals surface area contributed by atoms with Crippen LogP contribution in [0.15, 0.2) is 23.1 Å². The number of hydrogen-bond acceptors (Lipinski definition) is 4. The van der Waals surface area contributed by atoms with Crippen LogP contribution >= 0.6 is 0 Å². The van der Waals surface area contributed by atoms with E-state index in [1.54, 1.807) is 11.0 Å². The lowest BCUT2D eigenvalue weighted by atomic mass is 10.2. The molecule has 2 aliphatic heterocycles. The van der Waals surface area contributed by atoms with Crippen LogP contribution < -0.4 is 4.90 Å². The smallest absolute Gasteiger partial charge is 0.322 e. The summed E-state index contributed by atoms with van der Waals surface area (Å²) < 4.78 is 26.6. The van der Waals surface area contributed by atoms with Crippen molar-refractivity contribution in [3.63, 3.8) is 0 Å². The van der Waals surface area contributed by atoms with E-state index in [-0.39, 0.29) is 17.3 Å². The highest BCUT2D eigenvalue weighted by Gasteiger charge is 2.40. The molecular weight excluding hydrogens is 320 g/mol. The first-order valence-electron chi connectivity index (χ1n) is 7.48. The van der Waals surface area contributed by atoms with Gasteiger partial charge in [-0.3, -0.25) is 9.59 Å². The van der Waals surface area contributed by atoms with Gasteiger partial charge in [0.05, 0.1) is 4.90 Å². The highest BCUT2D eigenvalue weighted by Crippen LogP contribution is 2.33. The van der Waals surface area contributed by atoms with E-state index >= 15 is 0 Å². The molecule has 2 aliphatic rings. The van der Waals surface area contributed by atoms with E-state index in [0.717, 1.165) is 9.87 Å². The second-order valence-electron chi connectivity index (χ2n) is 5.82. The number of carbonyl (C=O) groups excluding carboxylic acids is 1. The molecular formula is C15H18N2O5S. The van der Waals surface area contributed by atoms with Gasteiger partial charge in [0.25, 0.3) is 0 Å². The minimum atomic E-state index is -3.89. The first-order valence-corrected chi connectivity index (χ1v) is 8.92. The lowest BCUT2D eigenvalue weighted by molar-refractivity contribution is -0.140. The van der Waals surface area contributed by atoms with Crippen LogP contribution in [0.4, 0.5) is 5.69 Å². The monoisotopic (exact) mass is 338 g/mol. The maximum Gasteiger partial charge on any atom is 0.322 e. The van der Waals surface area contributed by atoms with Crippen LogP contribution in [0, 0.1) is 0 Å². The summed E-state index contributed by atoms with van der Waals surface area (Å²) >= 11 is 0. The zero-order valence-electron chi connectivity index (χ0n) is 12.7. The van der Waals surface area contributed by atoms with E-state index in [0.29, 0.717) is 31.5 Å². The number of carboxylic acid groups (broad SMARTS) is 1. The van der Waals surface area contributed by atoms with E-state index in [1.165, 1.54) is 19.1 Å². The molecule has 1 fully saturated rings. The Bertz CT molecular complexity index is 774.